The van der Waals surface area contributed by atoms with Crippen molar-refractivity contribution >= 4 is 27.0 Å². The summed E-state index contributed by atoms with van der Waals surface area (Å²) in [7, 11) is -2.07. The van der Waals surface area contributed by atoms with Gasteiger partial charge in [-0.3, -0.25) is 0 Å². The molecule has 1 fully saturated rings. The highest BCUT2D eigenvalue weighted by molar-refractivity contribution is 7.89. The second kappa shape index (κ2) is 5.63. The van der Waals surface area contributed by atoms with Gasteiger partial charge in [-0.05, 0) is 31.5 Å². The van der Waals surface area contributed by atoms with Crippen LogP contribution in [0.5, 0.6) is 0 Å². The van der Waals surface area contributed by atoms with Crippen LogP contribution in [0.3, 0.4) is 0 Å². The van der Waals surface area contributed by atoms with Crippen LogP contribution in [-0.2, 0) is 14.8 Å². The van der Waals surface area contributed by atoms with Crippen LogP contribution in [0.2, 0.25) is 0 Å². The van der Waals surface area contributed by atoms with Crippen molar-refractivity contribution in [2.75, 3.05) is 20.2 Å². The lowest BCUT2D eigenvalue weighted by Gasteiger charge is -2.16. The number of rotatable bonds is 4. The fourth-order valence-electron chi connectivity index (χ4n) is 2.82. The molecule has 8 heteroatoms. The van der Waals surface area contributed by atoms with Crippen molar-refractivity contribution in [1.29, 1.82) is 0 Å². The molecule has 0 amide bonds. The highest BCUT2D eigenvalue weighted by Crippen LogP contribution is 2.30. The highest BCUT2D eigenvalue weighted by Gasteiger charge is 2.33. The van der Waals surface area contributed by atoms with Crippen LogP contribution in [0.4, 0.5) is 0 Å². The fraction of sp³-hybridized carbons (Fsp3) is 0.400. The number of fused-ring (bicyclic) bond motifs is 1. The number of aryl methyl sites for hydroxylation is 1. The Hall–Kier alpha value is -1.90. The first kappa shape index (κ1) is 16.0. The standard InChI is InChI=1S/C15H17NO6S/c1-9-12-7-11(3-4-13(12)22-14(9)15(17)18)23(19,20)16-6-5-10(8-16)21-2/h3-4,7,10H,5-6,8H2,1-2H3,(H,17,18)/t10-/m1/s1. The smallest absolute Gasteiger partial charge is 0.372 e. The van der Waals surface area contributed by atoms with Gasteiger partial charge in [0, 0.05) is 31.1 Å². The number of carboxylic acid groups (broad SMARTS) is 1. The van der Waals surface area contributed by atoms with E-state index in [1.165, 1.54) is 22.5 Å². The molecule has 1 saturated heterocycles. The van der Waals surface area contributed by atoms with Crippen molar-refractivity contribution in [2.24, 2.45) is 0 Å². The number of nitrogens with zero attached hydrogens (tertiary/aromatic N) is 1. The van der Waals surface area contributed by atoms with Crippen LogP contribution < -0.4 is 0 Å². The summed E-state index contributed by atoms with van der Waals surface area (Å²) in [5.74, 6) is -1.35. The molecule has 0 spiro atoms. The minimum Gasteiger partial charge on any atom is -0.475 e. The summed E-state index contributed by atoms with van der Waals surface area (Å²) in [4.78, 5) is 11.2. The molecule has 0 saturated carbocycles. The summed E-state index contributed by atoms with van der Waals surface area (Å²) in [6.45, 7) is 2.33. The Bertz CT molecular complexity index is 869. The van der Waals surface area contributed by atoms with Gasteiger partial charge >= 0.3 is 5.97 Å². The molecule has 0 radical (unpaired) electrons. The Kier molecular flexibility index (Phi) is 3.91. The Balaban J connectivity index is 2.03. The number of aromatic carboxylic acids is 1. The lowest BCUT2D eigenvalue weighted by Crippen LogP contribution is -2.30. The maximum atomic E-state index is 12.7. The summed E-state index contributed by atoms with van der Waals surface area (Å²) in [5, 5.41) is 9.58. The highest BCUT2D eigenvalue weighted by atomic mass is 32.2. The van der Waals surface area contributed by atoms with Crippen LogP contribution in [0, 0.1) is 6.92 Å². The van der Waals surface area contributed by atoms with Crippen molar-refractivity contribution in [3.8, 4) is 0 Å². The van der Waals surface area contributed by atoms with Crippen molar-refractivity contribution in [1.82, 2.24) is 4.31 Å². The average Bonchev–Trinajstić information content (AvgIpc) is 3.12. The first-order valence-corrected chi connectivity index (χ1v) is 8.58. The van der Waals surface area contributed by atoms with E-state index in [0.29, 0.717) is 36.0 Å². The van der Waals surface area contributed by atoms with Crippen LogP contribution in [0.25, 0.3) is 11.0 Å². The fourth-order valence-corrected chi connectivity index (χ4v) is 4.34. The number of furan rings is 1. The summed E-state index contributed by atoms with van der Waals surface area (Å²) >= 11 is 0. The van der Waals surface area contributed by atoms with E-state index in [1.54, 1.807) is 14.0 Å². The molecule has 1 aromatic heterocycles. The van der Waals surface area contributed by atoms with Gasteiger partial charge < -0.3 is 14.3 Å². The molecule has 1 N–H and O–H groups in total. The van der Waals surface area contributed by atoms with Crippen molar-refractivity contribution < 1.29 is 27.5 Å². The molecule has 0 aliphatic carbocycles. The first-order chi connectivity index (χ1) is 10.8. The van der Waals surface area contributed by atoms with Gasteiger partial charge in [0.25, 0.3) is 0 Å². The van der Waals surface area contributed by atoms with Gasteiger partial charge in [-0.2, -0.15) is 4.31 Å². The van der Waals surface area contributed by atoms with Gasteiger partial charge in [0.1, 0.15) is 5.58 Å². The van der Waals surface area contributed by atoms with E-state index in [0.717, 1.165) is 0 Å². The number of carbonyl (C=O) groups is 1. The molecule has 23 heavy (non-hydrogen) atoms. The number of ether oxygens (including phenoxy) is 1. The lowest BCUT2D eigenvalue weighted by molar-refractivity contribution is 0.0664. The summed E-state index contributed by atoms with van der Waals surface area (Å²) < 4.78 is 37.3. The Morgan fingerprint density at radius 1 is 1.43 bits per heavy atom. The third-order valence-corrected chi connectivity index (χ3v) is 6.04. The number of sulfonamides is 1. The van der Waals surface area contributed by atoms with Crippen molar-refractivity contribution in [3.05, 3.63) is 29.5 Å². The van der Waals surface area contributed by atoms with E-state index >= 15 is 0 Å². The molecule has 3 rings (SSSR count). The quantitative estimate of drug-likeness (QED) is 0.913. The predicted octanol–water partition coefficient (Wildman–Crippen LogP) is 1.85. The van der Waals surface area contributed by atoms with Crippen molar-refractivity contribution in [3.63, 3.8) is 0 Å². The maximum Gasteiger partial charge on any atom is 0.372 e. The second-order valence-electron chi connectivity index (χ2n) is 5.53. The van der Waals surface area contributed by atoms with Crippen LogP contribution >= 0.6 is 0 Å². The van der Waals surface area contributed by atoms with Gasteiger partial charge in [-0.25, -0.2) is 13.2 Å². The minimum absolute atomic E-state index is 0.0946. The van der Waals surface area contributed by atoms with E-state index in [2.05, 4.69) is 0 Å². The van der Waals surface area contributed by atoms with E-state index in [-0.39, 0.29) is 16.8 Å². The van der Waals surface area contributed by atoms with E-state index < -0.39 is 16.0 Å². The largest absolute Gasteiger partial charge is 0.475 e. The van der Waals surface area contributed by atoms with Gasteiger partial charge in [-0.1, -0.05) is 0 Å². The topological polar surface area (TPSA) is 97.0 Å². The lowest BCUT2D eigenvalue weighted by atomic mass is 10.1. The molecule has 0 bridgehead atoms. The molecule has 1 aromatic carbocycles. The summed E-state index contributed by atoms with van der Waals surface area (Å²) in [6, 6.07) is 4.40. The Labute approximate surface area is 133 Å². The third-order valence-electron chi connectivity index (χ3n) is 4.18. The monoisotopic (exact) mass is 339 g/mol. The number of hydrogen-bond acceptors (Lipinski definition) is 5. The number of hydrogen-bond donors (Lipinski definition) is 1. The molecule has 0 unspecified atom stereocenters. The maximum absolute atomic E-state index is 12.7. The SMILES string of the molecule is CO[C@@H]1CCN(S(=O)(=O)c2ccc3oc(C(=O)O)c(C)c3c2)C1. The third kappa shape index (κ3) is 2.62. The average molecular weight is 339 g/mol. The zero-order valence-corrected chi connectivity index (χ0v) is 13.6. The Morgan fingerprint density at radius 2 is 2.17 bits per heavy atom. The van der Waals surface area contributed by atoms with Crippen LogP contribution in [0.1, 0.15) is 22.5 Å². The van der Waals surface area contributed by atoms with Gasteiger partial charge in [0.15, 0.2) is 0 Å². The molecular weight excluding hydrogens is 322 g/mol. The van der Waals surface area contributed by atoms with Gasteiger partial charge in [0.2, 0.25) is 15.8 Å². The summed E-state index contributed by atoms with van der Waals surface area (Å²) in [5.41, 5.74) is 0.774. The molecule has 1 aliphatic heterocycles. The summed E-state index contributed by atoms with van der Waals surface area (Å²) in [6.07, 6.45) is 0.564. The zero-order chi connectivity index (χ0) is 16.8. The molecule has 1 aliphatic rings. The molecule has 1 atom stereocenters. The van der Waals surface area contributed by atoms with Gasteiger partial charge in [-0.15, -0.1) is 0 Å². The van der Waals surface area contributed by atoms with Crippen LogP contribution in [0.15, 0.2) is 27.5 Å². The normalized spacial score (nSPS) is 19.5. The molecule has 2 heterocycles. The number of methoxy groups -OCH3 is 1. The zero-order valence-electron chi connectivity index (χ0n) is 12.8. The predicted molar refractivity (Wildman–Crippen MR) is 82.1 cm³/mol. The molecular formula is C15H17NO6S. The van der Waals surface area contributed by atoms with E-state index in [4.69, 9.17) is 14.3 Å². The molecule has 7 nitrogen and oxygen atoms in total. The second-order valence-corrected chi connectivity index (χ2v) is 7.47. The van der Waals surface area contributed by atoms with Crippen LogP contribution in [-0.4, -0.2) is 50.1 Å². The molecule has 124 valence electrons. The first-order valence-electron chi connectivity index (χ1n) is 7.14. The Morgan fingerprint density at radius 3 is 2.78 bits per heavy atom. The molecule has 2 aromatic rings. The van der Waals surface area contributed by atoms with Crippen molar-refractivity contribution in [2.45, 2.75) is 24.3 Å². The van der Waals surface area contributed by atoms with E-state index in [9.17, 15) is 13.2 Å². The minimum atomic E-state index is -3.64. The number of benzene rings is 1. The number of carboxylic acids is 1. The van der Waals surface area contributed by atoms with Gasteiger partial charge in [0.05, 0.1) is 11.0 Å². The van der Waals surface area contributed by atoms with E-state index in [1.807, 2.05) is 0 Å².